The fourth-order valence-corrected chi connectivity index (χ4v) is 2.73. The highest BCUT2D eigenvalue weighted by Crippen LogP contribution is 2.17. The SMILES string of the molecule is CS(=N)C=CCCCCCCCCCC(Br)Br. The second-order valence-corrected chi connectivity index (χ2v) is 9.20. The van der Waals surface area contributed by atoms with E-state index < -0.39 is 0 Å². The van der Waals surface area contributed by atoms with Gasteiger partial charge in [0.15, 0.2) is 0 Å². The minimum Gasteiger partial charge on any atom is -0.276 e. The number of nitrogens with one attached hydrogen (secondary N) is 1. The van der Waals surface area contributed by atoms with Gasteiger partial charge in [-0.2, -0.15) is 0 Å². The molecule has 0 aliphatic rings. The number of rotatable bonds is 11. The maximum absolute atomic E-state index is 7.35. The lowest BCUT2D eigenvalue weighted by atomic mass is 10.1. The molecule has 0 aliphatic heterocycles. The minimum atomic E-state index is -0.270. The molecule has 0 aromatic heterocycles. The van der Waals surface area contributed by atoms with Crippen LogP contribution in [0.15, 0.2) is 11.5 Å². The second-order valence-electron chi connectivity index (χ2n) is 4.37. The van der Waals surface area contributed by atoms with Crippen molar-refractivity contribution in [1.82, 2.24) is 0 Å². The summed E-state index contributed by atoms with van der Waals surface area (Å²) in [7, 11) is -0.270. The molecule has 0 fully saturated rings. The van der Waals surface area contributed by atoms with Crippen LogP contribution in [0.5, 0.6) is 0 Å². The van der Waals surface area contributed by atoms with Crippen LogP contribution in [0.3, 0.4) is 0 Å². The van der Waals surface area contributed by atoms with Gasteiger partial charge in [-0.15, -0.1) is 0 Å². The van der Waals surface area contributed by atoms with Crippen LogP contribution in [-0.4, -0.2) is 9.99 Å². The molecule has 0 saturated heterocycles. The first-order chi connectivity index (χ1) is 8.13. The van der Waals surface area contributed by atoms with Gasteiger partial charge in [0.25, 0.3) is 0 Å². The summed E-state index contributed by atoms with van der Waals surface area (Å²) in [4.78, 5) is 0. The van der Waals surface area contributed by atoms with Gasteiger partial charge in [0.1, 0.15) is 0 Å². The summed E-state index contributed by atoms with van der Waals surface area (Å²) in [6.07, 6.45) is 16.0. The molecule has 17 heavy (non-hydrogen) atoms. The van der Waals surface area contributed by atoms with Crippen LogP contribution in [0.2, 0.25) is 0 Å². The Labute approximate surface area is 126 Å². The van der Waals surface area contributed by atoms with E-state index in [0.29, 0.717) is 3.74 Å². The van der Waals surface area contributed by atoms with Gasteiger partial charge in [-0.25, -0.2) is 0 Å². The van der Waals surface area contributed by atoms with Crippen LogP contribution < -0.4 is 0 Å². The maximum Gasteiger partial charge on any atom is 0.0697 e. The van der Waals surface area contributed by atoms with Crippen molar-refractivity contribution in [3.63, 3.8) is 0 Å². The average molecular weight is 387 g/mol. The Morgan fingerprint density at radius 1 is 1.00 bits per heavy atom. The standard InChI is InChI=1S/C13H25Br2NS/c1-17(16)12-10-8-6-4-2-3-5-7-9-11-13(14)15/h10,12-13,16H,2-9,11H2,1H3. The fraction of sp³-hybridized carbons (Fsp3) is 0.846. The third kappa shape index (κ3) is 16.9. The van der Waals surface area contributed by atoms with E-state index in [4.69, 9.17) is 4.78 Å². The number of hydrogen-bond acceptors (Lipinski definition) is 1. The smallest absolute Gasteiger partial charge is 0.0697 e. The molecule has 4 heteroatoms. The lowest BCUT2D eigenvalue weighted by molar-refractivity contribution is 0.577. The van der Waals surface area contributed by atoms with E-state index in [2.05, 4.69) is 37.9 Å². The highest BCUT2D eigenvalue weighted by atomic mass is 79.9. The van der Waals surface area contributed by atoms with Gasteiger partial charge in [0, 0.05) is 0 Å². The molecule has 0 saturated carbocycles. The molecule has 1 nitrogen and oxygen atoms in total. The van der Waals surface area contributed by atoms with Crippen molar-refractivity contribution in [3.8, 4) is 0 Å². The van der Waals surface area contributed by atoms with Crippen molar-refractivity contribution in [1.29, 1.82) is 4.78 Å². The van der Waals surface area contributed by atoms with Gasteiger partial charge in [0.05, 0.1) is 3.74 Å². The van der Waals surface area contributed by atoms with Crippen LogP contribution in [0.4, 0.5) is 0 Å². The summed E-state index contributed by atoms with van der Waals surface area (Å²) in [5.74, 6) is 0. The summed E-state index contributed by atoms with van der Waals surface area (Å²) in [6.45, 7) is 0. The molecule has 0 aliphatic carbocycles. The molecule has 102 valence electrons. The molecule has 0 heterocycles. The molecule has 0 bridgehead atoms. The zero-order valence-corrected chi connectivity index (χ0v) is 14.7. The molecule has 1 atom stereocenters. The third-order valence-corrected chi connectivity index (χ3v) is 4.11. The first-order valence-corrected chi connectivity index (χ1v) is 9.96. The zero-order chi connectivity index (χ0) is 12.9. The van der Waals surface area contributed by atoms with Crippen molar-refractivity contribution in [2.75, 3.05) is 6.26 Å². The van der Waals surface area contributed by atoms with E-state index in [0.717, 1.165) is 6.42 Å². The van der Waals surface area contributed by atoms with E-state index in [1.165, 1.54) is 51.4 Å². The fourth-order valence-electron chi connectivity index (χ4n) is 1.66. The van der Waals surface area contributed by atoms with Crippen LogP contribution in [0, 0.1) is 4.78 Å². The van der Waals surface area contributed by atoms with Gasteiger partial charge in [-0.3, -0.25) is 4.78 Å². The Bertz CT molecular complexity index is 217. The predicted octanol–water partition coefficient (Wildman–Crippen LogP) is 6.14. The molecule has 0 aromatic carbocycles. The van der Waals surface area contributed by atoms with E-state index >= 15 is 0 Å². The molecule has 0 amide bonds. The van der Waals surface area contributed by atoms with Crippen molar-refractivity contribution in [3.05, 3.63) is 11.5 Å². The maximum atomic E-state index is 7.35. The number of allylic oxidation sites excluding steroid dienone is 1. The normalized spacial score (nSPS) is 13.6. The van der Waals surface area contributed by atoms with Gasteiger partial charge < -0.3 is 0 Å². The van der Waals surface area contributed by atoms with Gasteiger partial charge in [0.2, 0.25) is 0 Å². The van der Waals surface area contributed by atoms with Gasteiger partial charge in [-0.05, 0) is 30.9 Å². The van der Waals surface area contributed by atoms with Crippen molar-refractivity contribution in [2.24, 2.45) is 0 Å². The van der Waals surface area contributed by atoms with Gasteiger partial charge >= 0.3 is 0 Å². The minimum absolute atomic E-state index is 0.270. The molecular weight excluding hydrogens is 362 g/mol. The second kappa shape index (κ2) is 13.3. The van der Waals surface area contributed by atoms with E-state index in [-0.39, 0.29) is 10.7 Å². The first kappa shape index (κ1) is 17.8. The van der Waals surface area contributed by atoms with Crippen LogP contribution in [-0.2, 0) is 10.7 Å². The molecule has 0 radical (unpaired) electrons. The summed E-state index contributed by atoms with van der Waals surface area (Å²) in [5, 5.41) is 2.01. The van der Waals surface area contributed by atoms with E-state index in [9.17, 15) is 0 Å². The predicted molar refractivity (Wildman–Crippen MR) is 88.3 cm³/mol. The average Bonchev–Trinajstić information content (AvgIpc) is 2.25. The highest BCUT2D eigenvalue weighted by molar-refractivity contribution is 9.24. The van der Waals surface area contributed by atoms with Crippen LogP contribution in [0.25, 0.3) is 0 Å². The lowest BCUT2D eigenvalue weighted by Crippen LogP contribution is -1.86. The van der Waals surface area contributed by atoms with Crippen molar-refractivity contribution in [2.45, 2.75) is 61.5 Å². The third-order valence-electron chi connectivity index (χ3n) is 2.59. The quantitative estimate of drug-likeness (QED) is 0.325. The number of hydrogen-bond donors (Lipinski definition) is 1. The summed E-state index contributed by atoms with van der Waals surface area (Å²) >= 11 is 7.00. The zero-order valence-electron chi connectivity index (χ0n) is 10.8. The molecule has 0 rings (SSSR count). The van der Waals surface area contributed by atoms with E-state index in [1.54, 1.807) is 0 Å². The van der Waals surface area contributed by atoms with Crippen molar-refractivity contribution >= 4 is 42.6 Å². The number of unbranched alkanes of at least 4 members (excludes halogenated alkanes) is 7. The van der Waals surface area contributed by atoms with Crippen molar-refractivity contribution < 1.29 is 0 Å². The van der Waals surface area contributed by atoms with Gasteiger partial charge in [-0.1, -0.05) is 87.2 Å². The Morgan fingerprint density at radius 2 is 1.53 bits per heavy atom. The van der Waals surface area contributed by atoms with E-state index in [1.807, 2.05) is 11.7 Å². The largest absolute Gasteiger partial charge is 0.276 e. The van der Waals surface area contributed by atoms with Crippen LogP contribution >= 0.6 is 31.9 Å². The highest BCUT2D eigenvalue weighted by Gasteiger charge is 1.97. The monoisotopic (exact) mass is 385 g/mol. The number of halogens is 2. The number of alkyl halides is 2. The molecular formula is C13H25Br2NS. The Hall–Kier alpha value is 0.850. The topological polar surface area (TPSA) is 23.9 Å². The Balaban J connectivity index is 3.06. The summed E-state index contributed by atoms with van der Waals surface area (Å²) in [6, 6.07) is 0. The summed E-state index contributed by atoms with van der Waals surface area (Å²) in [5.41, 5.74) is 0. The first-order valence-electron chi connectivity index (χ1n) is 6.43. The molecule has 1 unspecified atom stereocenters. The lowest BCUT2D eigenvalue weighted by Gasteiger charge is -2.02. The summed E-state index contributed by atoms with van der Waals surface area (Å²) < 4.78 is 7.85. The molecule has 1 N–H and O–H groups in total. The van der Waals surface area contributed by atoms with Crippen LogP contribution in [0.1, 0.15) is 57.8 Å². The molecule has 0 spiro atoms. The molecule has 0 aromatic rings. The Morgan fingerprint density at radius 3 is 2.06 bits per heavy atom. The Kier molecular flexibility index (Phi) is 13.9.